The Labute approximate surface area is 153 Å². The van der Waals surface area contributed by atoms with Gasteiger partial charge in [0.15, 0.2) is 0 Å². The summed E-state index contributed by atoms with van der Waals surface area (Å²) in [7, 11) is 0. The minimum absolute atomic E-state index is 0. The predicted molar refractivity (Wildman–Crippen MR) is 98.9 cm³/mol. The number of primary amides is 1. The molecule has 134 valence electrons. The van der Waals surface area contributed by atoms with Crippen LogP contribution >= 0.6 is 12.4 Å². The minimum atomic E-state index is -0.562. The molecule has 2 aromatic rings. The topological polar surface area (TPSA) is 72.3 Å². The Kier molecular flexibility index (Phi) is 6.53. The summed E-state index contributed by atoms with van der Waals surface area (Å²) in [5.41, 5.74) is 13.6. The largest absolute Gasteiger partial charge is 0.368 e. The van der Waals surface area contributed by atoms with Crippen molar-refractivity contribution in [3.8, 4) is 0 Å². The van der Waals surface area contributed by atoms with Crippen LogP contribution in [0.3, 0.4) is 0 Å². The molecule has 1 aliphatic heterocycles. The van der Waals surface area contributed by atoms with Crippen LogP contribution in [-0.2, 0) is 4.79 Å². The van der Waals surface area contributed by atoms with Crippen molar-refractivity contribution in [2.24, 2.45) is 17.4 Å². The maximum Gasteiger partial charge on any atom is 0.239 e. The first-order valence-corrected chi connectivity index (χ1v) is 8.14. The average molecular weight is 364 g/mol. The minimum Gasteiger partial charge on any atom is -0.368 e. The van der Waals surface area contributed by atoms with Gasteiger partial charge in [-0.25, -0.2) is 4.39 Å². The van der Waals surface area contributed by atoms with Crippen LogP contribution in [0.2, 0.25) is 0 Å². The Bertz CT molecular complexity index is 696. The lowest BCUT2D eigenvalue weighted by Gasteiger charge is -2.25. The summed E-state index contributed by atoms with van der Waals surface area (Å²) in [6, 6.07) is 15.6. The zero-order valence-corrected chi connectivity index (χ0v) is 14.7. The molecule has 3 atom stereocenters. The lowest BCUT2D eigenvalue weighted by Crippen LogP contribution is -2.37. The summed E-state index contributed by atoms with van der Waals surface area (Å²) in [4.78, 5) is 14.1. The highest BCUT2D eigenvalue weighted by Crippen LogP contribution is 2.36. The monoisotopic (exact) mass is 363 g/mol. The number of halogens is 2. The van der Waals surface area contributed by atoms with E-state index < -0.39 is 11.9 Å². The molecule has 3 rings (SSSR count). The first-order chi connectivity index (χ1) is 11.6. The van der Waals surface area contributed by atoms with E-state index in [-0.39, 0.29) is 30.1 Å². The highest BCUT2D eigenvalue weighted by atomic mass is 35.5. The Morgan fingerprint density at radius 1 is 1.12 bits per heavy atom. The number of hydrogen-bond donors (Lipinski definition) is 2. The second-order valence-corrected chi connectivity index (χ2v) is 6.32. The van der Waals surface area contributed by atoms with Crippen LogP contribution in [0.5, 0.6) is 0 Å². The molecule has 6 heteroatoms. The second-order valence-electron chi connectivity index (χ2n) is 6.32. The van der Waals surface area contributed by atoms with E-state index in [2.05, 4.69) is 17.0 Å². The quantitative estimate of drug-likeness (QED) is 0.857. The van der Waals surface area contributed by atoms with Crippen molar-refractivity contribution in [1.82, 2.24) is 4.90 Å². The molecule has 4 N–H and O–H groups in total. The van der Waals surface area contributed by atoms with Crippen LogP contribution in [0.1, 0.15) is 23.1 Å². The number of nitrogens with zero attached hydrogens (tertiary/aromatic N) is 1. The van der Waals surface area contributed by atoms with Crippen molar-refractivity contribution < 1.29 is 9.18 Å². The van der Waals surface area contributed by atoms with Crippen LogP contribution < -0.4 is 11.5 Å². The van der Waals surface area contributed by atoms with Gasteiger partial charge in [0.05, 0.1) is 0 Å². The molecular formula is C19H23ClFN3O. The highest BCUT2D eigenvalue weighted by Gasteiger charge is 2.38. The summed E-state index contributed by atoms with van der Waals surface area (Å²) >= 11 is 0. The van der Waals surface area contributed by atoms with Gasteiger partial charge in [0.1, 0.15) is 11.9 Å². The van der Waals surface area contributed by atoms with Gasteiger partial charge in [-0.15, -0.1) is 12.4 Å². The van der Waals surface area contributed by atoms with Gasteiger partial charge in [-0.1, -0.05) is 42.5 Å². The molecule has 1 saturated heterocycles. The van der Waals surface area contributed by atoms with Crippen molar-refractivity contribution in [3.05, 3.63) is 71.5 Å². The average Bonchev–Trinajstić information content (AvgIpc) is 3.01. The smallest absolute Gasteiger partial charge is 0.239 e. The molecule has 0 aromatic heterocycles. The van der Waals surface area contributed by atoms with E-state index in [4.69, 9.17) is 11.5 Å². The molecule has 0 saturated carbocycles. The molecule has 0 spiro atoms. The maximum atomic E-state index is 13.2. The third kappa shape index (κ3) is 4.18. The fourth-order valence-corrected chi connectivity index (χ4v) is 3.63. The van der Waals surface area contributed by atoms with Gasteiger partial charge in [0.25, 0.3) is 0 Å². The molecule has 1 unspecified atom stereocenters. The van der Waals surface area contributed by atoms with E-state index in [1.807, 2.05) is 18.2 Å². The summed E-state index contributed by atoms with van der Waals surface area (Å²) < 4.78 is 13.2. The van der Waals surface area contributed by atoms with Crippen LogP contribution in [0.25, 0.3) is 0 Å². The zero-order valence-electron chi connectivity index (χ0n) is 13.8. The Morgan fingerprint density at radius 3 is 2.32 bits per heavy atom. The number of nitrogens with two attached hydrogens (primary N) is 2. The normalized spacial score (nSPS) is 21.5. The van der Waals surface area contributed by atoms with Crippen LogP contribution in [-0.4, -0.2) is 30.4 Å². The molecule has 4 nitrogen and oxygen atoms in total. The SMILES string of the molecule is Cl.NC[C@@H]1CN(C(C(N)=O)c2ccc(F)cc2)C[C@H]1c1ccccc1. The number of carbonyl (C=O) groups is 1. The number of likely N-dealkylation sites (tertiary alicyclic amines) is 1. The van der Waals surface area contributed by atoms with E-state index in [1.54, 1.807) is 12.1 Å². The summed E-state index contributed by atoms with van der Waals surface area (Å²) in [6.45, 7) is 1.95. The third-order valence-electron chi connectivity index (χ3n) is 4.82. The number of benzene rings is 2. The number of hydrogen-bond acceptors (Lipinski definition) is 3. The lowest BCUT2D eigenvalue weighted by molar-refractivity contribution is -0.123. The zero-order chi connectivity index (χ0) is 17.1. The van der Waals surface area contributed by atoms with Crippen molar-refractivity contribution in [3.63, 3.8) is 0 Å². The van der Waals surface area contributed by atoms with E-state index >= 15 is 0 Å². The molecule has 0 aliphatic carbocycles. The van der Waals surface area contributed by atoms with Gasteiger partial charge in [-0.05, 0) is 35.7 Å². The van der Waals surface area contributed by atoms with Gasteiger partial charge < -0.3 is 11.5 Å². The molecule has 1 aliphatic rings. The molecule has 2 aromatic carbocycles. The lowest BCUT2D eigenvalue weighted by atomic mass is 9.89. The fourth-order valence-electron chi connectivity index (χ4n) is 3.63. The Balaban J connectivity index is 0.00000225. The summed E-state index contributed by atoms with van der Waals surface area (Å²) in [6.07, 6.45) is 0. The molecule has 0 bridgehead atoms. The number of rotatable bonds is 5. The van der Waals surface area contributed by atoms with Gasteiger partial charge in [-0.2, -0.15) is 0 Å². The summed E-state index contributed by atoms with van der Waals surface area (Å²) in [5, 5.41) is 0. The standard InChI is InChI=1S/C19H22FN3O.ClH/c20-16-8-6-14(7-9-16)18(19(22)24)23-11-15(10-21)17(12-23)13-4-2-1-3-5-13;/h1-9,15,17-18H,10-12,21H2,(H2,22,24);1H/t15-,17+,18?;/m1./s1. The molecular weight excluding hydrogens is 341 g/mol. The van der Waals surface area contributed by atoms with E-state index in [0.29, 0.717) is 25.2 Å². The molecule has 0 radical (unpaired) electrons. The fraction of sp³-hybridized carbons (Fsp3) is 0.316. The van der Waals surface area contributed by atoms with Crippen molar-refractivity contribution in [1.29, 1.82) is 0 Å². The predicted octanol–water partition coefficient (Wildman–Crippen LogP) is 2.45. The second kappa shape index (κ2) is 8.43. The molecule has 25 heavy (non-hydrogen) atoms. The van der Waals surface area contributed by atoms with Gasteiger partial charge >= 0.3 is 0 Å². The van der Waals surface area contributed by atoms with Crippen LogP contribution in [0.15, 0.2) is 54.6 Å². The van der Waals surface area contributed by atoms with Gasteiger partial charge in [0, 0.05) is 19.0 Å². The van der Waals surface area contributed by atoms with Crippen molar-refractivity contribution >= 4 is 18.3 Å². The molecule has 1 amide bonds. The van der Waals surface area contributed by atoms with E-state index in [9.17, 15) is 9.18 Å². The summed E-state index contributed by atoms with van der Waals surface area (Å²) in [5.74, 6) is -0.232. The Hall–Kier alpha value is -1.95. The number of carbonyl (C=O) groups excluding carboxylic acids is 1. The maximum absolute atomic E-state index is 13.2. The highest BCUT2D eigenvalue weighted by molar-refractivity contribution is 5.85. The van der Waals surface area contributed by atoms with Gasteiger partial charge in [-0.3, -0.25) is 9.69 Å². The molecule has 1 heterocycles. The third-order valence-corrected chi connectivity index (χ3v) is 4.82. The molecule has 1 fully saturated rings. The van der Waals surface area contributed by atoms with Gasteiger partial charge in [0.2, 0.25) is 5.91 Å². The number of amides is 1. The van der Waals surface area contributed by atoms with Crippen molar-refractivity contribution in [2.45, 2.75) is 12.0 Å². The van der Waals surface area contributed by atoms with E-state index in [1.165, 1.54) is 17.7 Å². The van der Waals surface area contributed by atoms with E-state index in [0.717, 1.165) is 0 Å². The van der Waals surface area contributed by atoms with Crippen molar-refractivity contribution in [2.75, 3.05) is 19.6 Å². The first-order valence-electron chi connectivity index (χ1n) is 8.14. The Morgan fingerprint density at radius 2 is 1.76 bits per heavy atom. The van der Waals surface area contributed by atoms with Crippen LogP contribution in [0, 0.1) is 11.7 Å². The van der Waals surface area contributed by atoms with Crippen LogP contribution in [0.4, 0.5) is 4.39 Å². The first kappa shape index (κ1) is 19.4.